The molecule has 0 aliphatic rings. The third kappa shape index (κ3) is 3.99. The highest BCUT2D eigenvalue weighted by Crippen LogP contribution is 2.24. The summed E-state index contributed by atoms with van der Waals surface area (Å²) in [5.74, 6) is 0.217. The highest BCUT2D eigenvalue weighted by Gasteiger charge is 2.20. The zero-order chi connectivity index (χ0) is 20.3. The van der Waals surface area contributed by atoms with Crippen LogP contribution in [-0.4, -0.2) is 32.7 Å². The number of benzene rings is 1. The summed E-state index contributed by atoms with van der Waals surface area (Å²) < 4.78 is 1.70. The number of aryl methyl sites for hydroxylation is 1. The standard InChI is InChI=1S/C21H26N4O2S/c1-5-15(4)25-20(27)19-17(12-14(3)22-19)23-21(25)28-13-18(26)24(6-2)16-10-8-7-9-11-16/h7-12,15,22H,5-6,13H2,1-4H3/t15-/m0/s1. The molecule has 28 heavy (non-hydrogen) atoms. The Kier molecular flexibility index (Phi) is 6.24. The largest absolute Gasteiger partial charge is 0.353 e. The summed E-state index contributed by atoms with van der Waals surface area (Å²) in [4.78, 5) is 35.4. The molecule has 2 heterocycles. The van der Waals surface area contributed by atoms with Gasteiger partial charge in [0.15, 0.2) is 5.16 Å². The van der Waals surface area contributed by atoms with Gasteiger partial charge in [-0.2, -0.15) is 0 Å². The first-order valence-corrected chi connectivity index (χ1v) is 10.5. The SMILES string of the molecule is CC[C@H](C)n1c(SCC(=O)N(CC)c2ccccc2)nc2cc(C)[nH]c2c1=O. The van der Waals surface area contributed by atoms with E-state index < -0.39 is 0 Å². The average Bonchev–Trinajstić information content (AvgIpc) is 3.08. The zero-order valence-corrected chi connectivity index (χ0v) is 17.5. The molecule has 3 rings (SSSR count). The molecule has 0 radical (unpaired) electrons. The number of aromatic nitrogens is 3. The highest BCUT2D eigenvalue weighted by molar-refractivity contribution is 7.99. The Morgan fingerprint density at radius 2 is 2.00 bits per heavy atom. The first-order valence-electron chi connectivity index (χ1n) is 9.56. The van der Waals surface area contributed by atoms with Crippen molar-refractivity contribution in [2.24, 2.45) is 0 Å². The average molecular weight is 399 g/mol. The van der Waals surface area contributed by atoms with E-state index >= 15 is 0 Å². The Labute approximate surface area is 169 Å². The lowest BCUT2D eigenvalue weighted by Gasteiger charge is -2.22. The Balaban J connectivity index is 1.91. The monoisotopic (exact) mass is 398 g/mol. The molecular weight excluding hydrogens is 372 g/mol. The maximum absolute atomic E-state index is 13.0. The Morgan fingerprint density at radius 1 is 1.29 bits per heavy atom. The summed E-state index contributed by atoms with van der Waals surface area (Å²) in [6, 6.07) is 11.5. The van der Waals surface area contributed by atoms with Crippen molar-refractivity contribution < 1.29 is 4.79 Å². The molecule has 0 saturated carbocycles. The predicted molar refractivity (Wildman–Crippen MR) is 115 cm³/mol. The molecule has 0 spiro atoms. The number of anilines is 1. The van der Waals surface area contributed by atoms with Gasteiger partial charge in [-0.15, -0.1) is 0 Å². The second-order valence-corrected chi connectivity index (χ2v) is 7.74. The van der Waals surface area contributed by atoms with E-state index in [1.165, 1.54) is 11.8 Å². The maximum atomic E-state index is 13.0. The van der Waals surface area contributed by atoms with Gasteiger partial charge < -0.3 is 9.88 Å². The van der Waals surface area contributed by atoms with E-state index in [9.17, 15) is 9.59 Å². The third-order valence-corrected chi connectivity index (χ3v) is 5.77. The van der Waals surface area contributed by atoms with Gasteiger partial charge in [0.05, 0.1) is 11.3 Å². The number of carbonyl (C=O) groups is 1. The van der Waals surface area contributed by atoms with Crippen LogP contribution in [-0.2, 0) is 4.79 Å². The quantitative estimate of drug-likeness (QED) is 0.479. The zero-order valence-electron chi connectivity index (χ0n) is 16.7. The molecule has 0 saturated heterocycles. The molecule has 1 aromatic carbocycles. The lowest BCUT2D eigenvalue weighted by Crippen LogP contribution is -2.32. The highest BCUT2D eigenvalue weighted by atomic mass is 32.2. The summed E-state index contributed by atoms with van der Waals surface area (Å²) in [5.41, 5.74) is 2.85. The summed E-state index contributed by atoms with van der Waals surface area (Å²) in [7, 11) is 0. The van der Waals surface area contributed by atoms with Crippen molar-refractivity contribution in [2.75, 3.05) is 17.2 Å². The number of H-pyrrole nitrogens is 1. The molecule has 0 aliphatic heterocycles. The molecule has 1 atom stereocenters. The second kappa shape index (κ2) is 8.65. The number of aromatic amines is 1. The van der Waals surface area contributed by atoms with Gasteiger partial charge in [-0.05, 0) is 45.4 Å². The van der Waals surface area contributed by atoms with E-state index in [2.05, 4.69) is 9.97 Å². The van der Waals surface area contributed by atoms with Crippen molar-refractivity contribution in [3.8, 4) is 0 Å². The number of thioether (sulfide) groups is 1. The van der Waals surface area contributed by atoms with Crippen LogP contribution in [0.1, 0.15) is 38.9 Å². The van der Waals surface area contributed by atoms with Gasteiger partial charge in [0.2, 0.25) is 5.91 Å². The van der Waals surface area contributed by atoms with Crippen molar-refractivity contribution in [3.63, 3.8) is 0 Å². The fourth-order valence-electron chi connectivity index (χ4n) is 3.18. The van der Waals surface area contributed by atoms with Crippen LogP contribution in [0, 0.1) is 6.92 Å². The Morgan fingerprint density at radius 3 is 2.64 bits per heavy atom. The Hall–Kier alpha value is -2.54. The molecule has 0 aliphatic carbocycles. The number of hydrogen-bond donors (Lipinski definition) is 1. The topological polar surface area (TPSA) is 71.0 Å². The molecule has 3 aromatic rings. The van der Waals surface area contributed by atoms with E-state index in [-0.39, 0.29) is 23.3 Å². The summed E-state index contributed by atoms with van der Waals surface area (Å²) in [5, 5.41) is 0.586. The summed E-state index contributed by atoms with van der Waals surface area (Å²) in [6.07, 6.45) is 0.805. The van der Waals surface area contributed by atoms with E-state index in [0.29, 0.717) is 22.7 Å². The van der Waals surface area contributed by atoms with Crippen molar-refractivity contribution >= 4 is 34.4 Å². The van der Waals surface area contributed by atoms with Gasteiger partial charge in [-0.3, -0.25) is 14.2 Å². The Bertz CT molecular complexity index is 1030. The van der Waals surface area contributed by atoms with Crippen molar-refractivity contribution in [1.82, 2.24) is 14.5 Å². The molecule has 148 valence electrons. The minimum atomic E-state index is -0.0854. The number of fused-ring (bicyclic) bond motifs is 1. The van der Waals surface area contributed by atoms with E-state index in [0.717, 1.165) is 17.8 Å². The number of carbonyl (C=O) groups excluding carboxylic acids is 1. The van der Waals surface area contributed by atoms with Gasteiger partial charge in [0.25, 0.3) is 5.56 Å². The number of para-hydroxylation sites is 1. The number of hydrogen-bond acceptors (Lipinski definition) is 4. The minimum Gasteiger partial charge on any atom is -0.353 e. The van der Waals surface area contributed by atoms with Crippen LogP contribution < -0.4 is 10.5 Å². The number of amides is 1. The molecule has 0 bridgehead atoms. The number of rotatable bonds is 7. The van der Waals surface area contributed by atoms with Gasteiger partial charge in [0, 0.05) is 24.0 Å². The summed E-state index contributed by atoms with van der Waals surface area (Å²) in [6.45, 7) is 8.49. The van der Waals surface area contributed by atoms with E-state index in [4.69, 9.17) is 0 Å². The minimum absolute atomic E-state index is 0.00186. The molecular formula is C21H26N4O2S. The van der Waals surface area contributed by atoms with Crippen LogP contribution in [0.4, 0.5) is 5.69 Å². The third-order valence-electron chi connectivity index (χ3n) is 4.83. The van der Waals surface area contributed by atoms with Crippen LogP contribution in [0.3, 0.4) is 0 Å². The van der Waals surface area contributed by atoms with Gasteiger partial charge in [-0.1, -0.05) is 36.9 Å². The molecule has 7 heteroatoms. The lowest BCUT2D eigenvalue weighted by molar-refractivity contribution is -0.116. The maximum Gasteiger partial charge on any atom is 0.278 e. The van der Waals surface area contributed by atoms with Crippen LogP contribution >= 0.6 is 11.8 Å². The smallest absolute Gasteiger partial charge is 0.278 e. The molecule has 2 aromatic heterocycles. The van der Waals surface area contributed by atoms with Crippen molar-refractivity contribution in [2.45, 2.75) is 45.3 Å². The molecule has 1 amide bonds. The van der Waals surface area contributed by atoms with Gasteiger partial charge in [0.1, 0.15) is 5.52 Å². The van der Waals surface area contributed by atoms with Crippen LogP contribution in [0.25, 0.3) is 11.0 Å². The van der Waals surface area contributed by atoms with Gasteiger partial charge >= 0.3 is 0 Å². The fraction of sp³-hybridized carbons (Fsp3) is 0.381. The fourth-order valence-corrected chi connectivity index (χ4v) is 4.15. The molecule has 6 nitrogen and oxygen atoms in total. The van der Waals surface area contributed by atoms with Gasteiger partial charge in [-0.25, -0.2) is 4.98 Å². The first-order chi connectivity index (χ1) is 13.5. The van der Waals surface area contributed by atoms with Crippen LogP contribution in [0.2, 0.25) is 0 Å². The van der Waals surface area contributed by atoms with Crippen molar-refractivity contribution in [1.29, 1.82) is 0 Å². The van der Waals surface area contributed by atoms with Crippen molar-refractivity contribution in [3.05, 3.63) is 52.4 Å². The second-order valence-electron chi connectivity index (χ2n) is 6.80. The predicted octanol–water partition coefficient (Wildman–Crippen LogP) is 4.15. The van der Waals surface area contributed by atoms with E-state index in [1.807, 2.05) is 64.1 Å². The number of nitrogens with zero attached hydrogens (tertiary/aromatic N) is 3. The number of nitrogens with one attached hydrogen (secondary N) is 1. The normalized spacial score (nSPS) is 12.3. The van der Waals surface area contributed by atoms with Crippen LogP contribution in [0.15, 0.2) is 46.3 Å². The van der Waals surface area contributed by atoms with E-state index in [1.54, 1.807) is 9.47 Å². The lowest BCUT2D eigenvalue weighted by atomic mass is 10.2. The molecule has 0 fully saturated rings. The van der Waals surface area contributed by atoms with Crippen LogP contribution in [0.5, 0.6) is 0 Å². The molecule has 1 N–H and O–H groups in total. The summed E-state index contributed by atoms with van der Waals surface area (Å²) >= 11 is 1.32. The molecule has 0 unspecified atom stereocenters. The first kappa shape index (κ1) is 20.2.